The minimum Gasteiger partial charge on any atom is -0.463 e. The van der Waals surface area contributed by atoms with Gasteiger partial charge in [-0.3, -0.25) is 0 Å². The standard InChI is InChI=1S/C11H14O4/c1-2-14-10(12)5-6-11(13)7-8-3-4-9(11)15-8/h3-6,8-9,13H,2,7H2,1H3/b6-5+/t8-,9-,11-/m0/s1. The number of ether oxygens (including phenoxy) is 2. The van der Waals surface area contributed by atoms with Gasteiger partial charge in [-0.2, -0.15) is 0 Å². The van der Waals surface area contributed by atoms with Crippen molar-refractivity contribution >= 4 is 5.97 Å². The summed E-state index contributed by atoms with van der Waals surface area (Å²) in [5.41, 5.74) is -1.05. The first-order chi connectivity index (χ1) is 7.14. The van der Waals surface area contributed by atoms with Gasteiger partial charge in [0.1, 0.15) is 11.7 Å². The van der Waals surface area contributed by atoms with Crippen molar-refractivity contribution in [1.82, 2.24) is 0 Å². The van der Waals surface area contributed by atoms with Crippen LogP contribution in [0.3, 0.4) is 0 Å². The van der Waals surface area contributed by atoms with Crippen LogP contribution in [0.4, 0.5) is 0 Å². The first-order valence-electron chi connectivity index (χ1n) is 5.06. The second kappa shape index (κ2) is 3.79. The number of hydrogen-bond donors (Lipinski definition) is 1. The van der Waals surface area contributed by atoms with E-state index in [1.807, 2.05) is 12.2 Å². The average molecular weight is 210 g/mol. The highest BCUT2D eigenvalue weighted by Gasteiger charge is 2.46. The molecule has 2 aliphatic rings. The molecule has 1 N–H and O–H groups in total. The van der Waals surface area contributed by atoms with Crippen LogP contribution in [0.1, 0.15) is 13.3 Å². The number of hydrogen-bond acceptors (Lipinski definition) is 4. The van der Waals surface area contributed by atoms with E-state index in [0.29, 0.717) is 13.0 Å². The monoisotopic (exact) mass is 210 g/mol. The molecule has 1 saturated heterocycles. The van der Waals surface area contributed by atoms with E-state index in [4.69, 9.17) is 9.47 Å². The second-order valence-electron chi connectivity index (χ2n) is 3.76. The molecule has 4 nitrogen and oxygen atoms in total. The summed E-state index contributed by atoms with van der Waals surface area (Å²) in [6, 6.07) is 0. The Bertz CT molecular complexity index is 321. The van der Waals surface area contributed by atoms with E-state index >= 15 is 0 Å². The van der Waals surface area contributed by atoms with E-state index in [0.717, 1.165) is 0 Å². The van der Waals surface area contributed by atoms with Crippen molar-refractivity contribution in [3.63, 3.8) is 0 Å². The Hall–Kier alpha value is -1.13. The zero-order valence-corrected chi connectivity index (χ0v) is 8.55. The van der Waals surface area contributed by atoms with Crippen molar-refractivity contribution < 1.29 is 19.4 Å². The van der Waals surface area contributed by atoms with Crippen LogP contribution < -0.4 is 0 Å². The molecule has 0 aromatic carbocycles. The van der Waals surface area contributed by atoms with Gasteiger partial charge in [-0.1, -0.05) is 12.2 Å². The fourth-order valence-electron chi connectivity index (χ4n) is 1.91. The topological polar surface area (TPSA) is 55.8 Å². The van der Waals surface area contributed by atoms with Crippen LogP contribution in [0.2, 0.25) is 0 Å². The number of fused-ring (bicyclic) bond motifs is 2. The van der Waals surface area contributed by atoms with Gasteiger partial charge in [0.05, 0.1) is 12.7 Å². The smallest absolute Gasteiger partial charge is 0.330 e. The molecule has 0 aromatic heterocycles. The summed E-state index contributed by atoms with van der Waals surface area (Å²) < 4.78 is 10.1. The van der Waals surface area contributed by atoms with E-state index in [9.17, 15) is 9.90 Å². The highest BCUT2D eigenvalue weighted by Crippen LogP contribution is 2.37. The summed E-state index contributed by atoms with van der Waals surface area (Å²) in [5, 5.41) is 10.1. The third-order valence-corrected chi connectivity index (χ3v) is 2.64. The molecule has 0 saturated carbocycles. The normalized spacial score (nSPS) is 37.7. The molecule has 15 heavy (non-hydrogen) atoms. The van der Waals surface area contributed by atoms with Gasteiger partial charge in [0, 0.05) is 12.5 Å². The predicted molar refractivity (Wildman–Crippen MR) is 53.1 cm³/mol. The molecule has 2 aliphatic heterocycles. The van der Waals surface area contributed by atoms with E-state index in [-0.39, 0.29) is 12.2 Å². The molecule has 4 heteroatoms. The van der Waals surface area contributed by atoms with Crippen molar-refractivity contribution in [2.24, 2.45) is 0 Å². The van der Waals surface area contributed by atoms with Crippen LogP contribution in [0.25, 0.3) is 0 Å². The molecular formula is C11H14O4. The summed E-state index contributed by atoms with van der Waals surface area (Å²) in [4.78, 5) is 11.1. The molecule has 82 valence electrons. The molecule has 0 aromatic rings. The third-order valence-electron chi connectivity index (χ3n) is 2.64. The largest absolute Gasteiger partial charge is 0.463 e. The van der Waals surface area contributed by atoms with Crippen LogP contribution in [-0.2, 0) is 14.3 Å². The van der Waals surface area contributed by atoms with Gasteiger partial charge in [-0.25, -0.2) is 4.79 Å². The van der Waals surface area contributed by atoms with Gasteiger partial charge in [0.15, 0.2) is 0 Å². The first-order valence-corrected chi connectivity index (χ1v) is 5.06. The summed E-state index contributed by atoms with van der Waals surface area (Å²) in [6.45, 7) is 2.08. The van der Waals surface area contributed by atoms with Gasteiger partial charge in [-0.05, 0) is 13.0 Å². The summed E-state index contributed by atoms with van der Waals surface area (Å²) >= 11 is 0. The van der Waals surface area contributed by atoms with Crippen molar-refractivity contribution in [1.29, 1.82) is 0 Å². The van der Waals surface area contributed by atoms with Gasteiger partial charge >= 0.3 is 5.97 Å². The van der Waals surface area contributed by atoms with Crippen molar-refractivity contribution in [2.45, 2.75) is 31.2 Å². The molecule has 3 atom stereocenters. The zero-order valence-electron chi connectivity index (χ0n) is 8.55. The maximum absolute atomic E-state index is 11.1. The summed E-state index contributed by atoms with van der Waals surface area (Å²) in [6.07, 6.45) is 6.64. The number of esters is 1. The lowest BCUT2D eigenvalue weighted by molar-refractivity contribution is -0.137. The second-order valence-corrected chi connectivity index (χ2v) is 3.76. The van der Waals surface area contributed by atoms with Gasteiger partial charge < -0.3 is 14.6 Å². The molecule has 0 unspecified atom stereocenters. The van der Waals surface area contributed by atoms with Gasteiger partial charge in [0.2, 0.25) is 0 Å². The zero-order chi connectivity index (χ0) is 10.9. The molecular weight excluding hydrogens is 196 g/mol. The molecule has 2 bridgehead atoms. The van der Waals surface area contributed by atoms with Gasteiger partial charge in [-0.15, -0.1) is 0 Å². The van der Waals surface area contributed by atoms with Crippen LogP contribution in [-0.4, -0.2) is 35.5 Å². The lowest BCUT2D eigenvalue weighted by Crippen LogP contribution is -2.35. The van der Waals surface area contributed by atoms with Crippen molar-refractivity contribution in [3.8, 4) is 0 Å². The van der Waals surface area contributed by atoms with E-state index in [1.54, 1.807) is 6.92 Å². The van der Waals surface area contributed by atoms with Crippen molar-refractivity contribution in [3.05, 3.63) is 24.3 Å². The Morgan fingerprint density at radius 3 is 3.07 bits per heavy atom. The van der Waals surface area contributed by atoms with Crippen molar-refractivity contribution in [2.75, 3.05) is 6.61 Å². The Balaban J connectivity index is 2.00. The highest BCUT2D eigenvalue weighted by atomic mass is 16.5. The van der Waals surface area contributed by atoms with Crippen LogP contribution in [0.5, 0.6) is 0 Å². The lowest BCUT2D eigenvalue weighted by Gasteiger charge is -2.22. The molecule has 0 spiro atoms. The highest BCUT2D eigenvalue weighted by molar-refractivity contribution is 5.82. The number of carbonyl (C=O) groups is 1. The van der Waals surface area contributed by atoms with E-state index in [2.05, 4.69) is 0 Å². The van der Waals surface area contributed by atoms with E-state index in [1.165, 1.54) is 12.2 Å². The Labute approximate surface area is 88.2 Å². The average Bonchev–Trinajstić information content (AvgIpc) is 2.75. The minimum absolute atomic E-state index is 0.0214. The lowest BCUT2D eigenvalue weighted by atomic mass is 9.89. The molecule has 1 fully saturated rings. The fraction of sp³-hybridized carbons (Fsp3) is 0.545. The maximum atomic E-state index is 11.1. The van der Waals surface area contributed by atoms with Crippen LogP contribution in [0, 0.1) is 0 Å². The number of aliphatic hydroxyl groups is 1. The third kappa shape index (κ3) is 1.96. The predicted octanol–water partition coefficient (Wildman–Crippen LogP) is 0.564. The quantitative estimate of drug-likeness (QED) is 0.420. The fourth-order valence-corrected chi connectivity index (χ4v) is 1.91. The van der Waals surface area contributed by atoms with Crippen LogP contribution >= 0.6 is 0 Å². The maximum Gasteiger partial charge on any atom is 0.330 e. The first kappa shape index (κ1) is 10.4. The SMILES string of the molecule is CCOC(=O)/C=C/[C@]1(O)C[C@@H]2C=C[C@@H]1O2. The minimum atomic E-state index is -1.05. The van der Waals surface area contributed by atoms with Gasteiger partial charge in [0.25, 0.3) is 0 Å². The molecule has 2 heterocycles. The summed E-state index contributed by atoms with van der Waals surface area (Å²) in [7, 11) is 0. The molecule has 2 rings (SSSR count). The number of rotatable bonds is 3. The molecule has 0 amide bonds. The number of carbonyl (C=O) groups excluding carboxylic acids is 1. The van der Waals surface area contributed by atoms with Crippen LogP contribution in [0.15, 0.2) is 24.3 Å². The summed E-state index contributed by atoms with van der Waals surface area (Å²) in [5.74, 6) is -0.433. The molecule has 0 aliphatic carbocycles. The Morgan fingerprint density at radius 2 is 2.53 bits per heavy atom. The Kier molecular flexibility index (Phi) is 2.63. The Morgan fingerprint density at radius 1 is 1.73 bits per heavy atom. The van der Waals surface area contributed by atoms with E-state index < -0.39 is 11.6 Å². The molecule has 0 radical (unpaired) electrons.